The molecule has 28 heavy (non-hydrogen) atoms. The molecule has 1 amide bonds. The molecule has 0 spiro atoms. The molecule has 1 heterocycles. The number of alkyl halides is 3. The van der Waals surface area contributed by atoms with E-state index in [9.17, 15) is 22.4 Å². The highest BCUT2D eigenvalue weighted by molar-refractivity contribution is 5.95. The Morgan fingerprint density at radius 3 is 2.57 bits per heavy atom. The maximum atomic E-state index is 13.5. The van der Waals surface area contributed by atoms with E-state index in [1.807, 2.05) is 0 Å². The van der Waals surface area contributed by atoms with Crippen LogP contribution in [0.1, 0.15) is 48.2 Å². The Labute approximate surface area is 159 Å². The van der Waals surface area contributed by atoms with E-state index in [1.54, 1.807) is 0 Å². The molecule has 9 heteroatoms. The van der Waals surface area contributed by atoms with Gasteiger partial charge in [0.2, 0.25) is 5.95 Å². The lowest BCUT2D eigenvalue weighted by Gasteiger charge is -2.31. The van der Waals surface area contributed by atoms with Gasteiger partial charge in [-0.3, -0.25) is 4.79 Å². The average molecular weight is 396 g/mol. The van der Waals surface area contributed by atoms with E-state index in [-0.39, 0.29) is 17.7 Å². The maximum Gasteiger partial charge on any atom is 0.434 e. The van der Waals surface area contributed by atoms with E-state index in [1.165, 1.54) is 30.1 Å². The quantitative estimate of drug-likeness (QED) is 0.756. The van der Waals surface area contributed by atoms with Crippen molar-refractivity contribution in [2.45, 2.75) is 44.3 Å². The lowest BCUT2D eigenvalue weighted by Crippen LogP contribution is -2.39. The van der Waals surface area contributed by atoms with Gasteiger partial charge in [0.25, 0.3) is 5.91 Å². The van der Waals surface area contributed by atoms with Crippen molar-refractivity contribution >= 4 is 17.5 Å². The Morgan fingerprint density at radius 2 is 1.93 bits per heavy atom. The van der Waals surface area contributed by atoms with Gasteiger partial charge < -0.3 is 10.2 Å². The minimum Gasteiger partial charge on any atom is -0.339 e. The van der Waals surface area contributed by atoms with Crippen molar-refractivity contribution in [3.63, 3.8) is 0 Å². The standard InChI is InChI=1S/C19H20F4N4O/c1-27(14-8-3-2-4-9-14)17(28)15-11-24-18(26-16(15)19(21,22)23)25-13-7-5-6-12(20)10-13/h5-7,10-11,14H,2-4,8-9H2,1H3,(H,24,25,26). The van der Waals surface area contributed by atoms with Gasteiger partial charge in [-0.2, -0.15) is 13.2 Å². The van der Waals surface area contributed by atoms with Crippen LogP contribution in [0, 0.1) is 5.82 Å². The third-order valence-corrected chi connectivity index (χ3v) is 4.81. The Morgan fingerprint density at radius 1 is 1.21 bits per heavy atom. The van der Waals surface area contributed by atoms with Crippen LogP contribution < -0.4 is 5.32 Å². The molecule has 0 radical (unpaired) electrons. The zero-order valence-corrected chi connectivity index (χ0v) is 15.3. The fourth-order valence-corrected chi connectivity index (χ4v) is 3.33. The van der Waals surface area contributed by atoms with E-state index in [0.29, 0.717) is 0 Å². The number of aromatic nitrogens is 2. The number of rotatable bonds is 4. The minimum absolute atomic E-state index is 0.0903. The largest absolute Gasteiger partial charge is 0.434 e. The van der Waals surface area contributed by atoms with Crippen LogP contribution in [0.4, 0.5) is 29.2 Å². The van der Waals surface area contributed by atoms with Gasteiger partial charge in [0.15, 0.2) is 5.69 Å². The molecular weight excluding hydrogens is 376 g/mol. The van der Waals surface area contributed by atoms with Crippen molar-refractivity contribution in [1.82, 2.24) is 14.9 Å². The SMILES string of the molecule is CN(C(=O)c1cnc(Nc2cccc(F)c2)nc1C(F)(F)F)C1CCCCC1. The highest BCUT2D eigenvalue weighted by atomic mass is 19.4. The number of hydrogen-bond donors (Lipinski definition) is 1. The van der Waals surface area contributed by atoms with E-state index in [2.05, 4.69) is 15.3 Å². The van der Waals surface area contributed by atoms with E-state index in [4.69, 9.17) is 0 Å². The van der Waals surface area contributed by atoms with Crippen LogP contribution in [0.5, 0.6) is 0 Å². The molecule has 3 rings (SSSR count). The summed E-state index contributed by atoms with van der Waals surface area (Å²) in [6.45, 7) is 0. The molecule has 1 fully saturated rings. The molecule has 150 valence electrons. The molecule has 5 nitrogen and oxygen atoms in total. The van der Waals surface area contributed by atoms with Gasteiger partial charge in [0.05, 0.1) is 5.56 Å². The topological polar surface area (TPSA) is 58.1 Å². The van der Waals surface area contributed by atoms with Crippen molar-refractivity contribution in [1.29, 1.82) is 0 Å². The van der Waals surface area contributed by atoms with Crippen LogP contribution in [-0.2, 0) is 6.18 Å². The number of halogens is 4. The van der Waals surface area contributed by atoms with Gasteiger partial charge in [-0.15, -0.1) is 0 Å². The van der Waals surface area contributed by atoms with Gasteiger partial charge in [-0.25, -0.2) is 14.4 Å². The lowest BCUT2D eigenvalue weighted by molar-refractivity contribution is -0.141. The first-order valence-corrected chi connectivity index (χ1v) is 8.99. The highest BCUT2D eigenvalue weighted by Crippen LogP contribution is 2.32. The average Bonchev–Trinajstić information content (AvgIpc) is 2.67. The molecule has 1 aliphatic carbocycles. The summed E-state index contributed by atoms with van der Waals surface area (Å²) in [4.78, 5) is 21.4. The summed E-state index contributed by atoms with van der Waals surface area (Å²) in [5, 5.41) is 2.53. The lowest BCUT2D eigenvalue weighted by atomic mass is 9.94. The molecule has 0 aliphatic heterocycles. The summed E-state index contributed by atoms with van der Waals surface area (Å²) < 4.78 is 53.9. The number of amides is 1. The van der Waals surface area contributed by atoms with Crippen molar-refractivity contribution in [3.05, 3.63) is 47.5 Å². The molecule has 0 saturated heterocycles. The fourth-order valence-electron chi connectivity index (χ4n) is 3.33. The second kappa shape index (κ2) is 8.12. The Kier molecular flexibility index (Phi) is 5.81. The molecule has 1 saturated carbocycles. The van der Waals surface area contributed by atoms with Gasteiger partial charge in [0, 0.05) is 25.0 Å². The Hall–Kier alpha value is -2.71. The normalized spacial score (nSPS) is 15.3. The molecule has 0 atom stereocenters. The molecule has 1 N–H and O–H groups in total. The van der Waals surface area contributed by atoms with E-state index < -0.39 is 29.2 Å². The summed E-state index contributed by atoms with van der Waals surface area (Å²) >= 11 is 0. The highest BCUT2D eigenvalue weighted by Gasteiger charge is 2.39. The first-order chi connectivity index (χ1) is 13.3. The molecule has 1 aromatic heterocycles. The number of hydrogen-bond acceptors (Lipinski definition) is 4. The van der Waals surface area contributed by atoms with E-state index >= 15 is 0 Å². The zero-order valence-electron chi connectivity index (χ0n) is 15.3. The third kappa shape index (κ3) is 4.58. The first-order valence-electron chi connectivity index (χ1n) is 8.99. The van der Waals surface area contributed by atoms with Gasteiger partial charge >= 0.3 is 6.18 Å². The minimum atomic E-state index is -4.83. The fraction of sp³-hybridized carbons (Fsp3) is 0.421. The van der Waals surface area contributed by atoms with Crippen LogP contribution >= 0.6 is 0 Å². The molecule has 0 bridgehead atoms. The molecular formula is C19H20F4N4O. The summed E-state index contributed by atoms with van der Waals surface area (Å²) in [5.41, 5.74) is -1.70. The summed E-state index contributed by atoms with van der Waals surface area (Å²) in [6.07, 6.45) is 0.533. The van der Waals surface area contributed by atoms with Crippen LogP contribution in [-0.4, -0.2) is 33.9 Å². The van der Waals surface area contributed by atoms with Gasteiger partial charge in [0.1, 0.15) is 5.82 Å². The van der Waals surface area contributed by atoms with Crippen molar-refractivity contribution < 1.29 is 22.4 Å². The zero-order chi connectivity index (χ0) is 20.3. The summed E-state index contributed by atoms with van der Waals surface area (Å²) in [6, 6.07) is 5.09. The van der Waals surface area contributed by atoms with Crippen molar-refractivity contribution in [2.24, 2.45) is 0 Å². The van der Waals surface area contributed by atoms with Crippen molar-refractivity contribution in [3.8, 4) is 0 Å². The third-order valence-electron chi connectivity index (χ3n) is 4.81. The second-order valence-electron chi connectivity index (χ2n) is 6.80. The second-order valence-corrected chi connectivity index (χ2v) is 6.80. The van der Waals surface area contributed by atoms with Crippen LogP contribution in [0.3, 0.4) is 0 Å². The van der Waals surface area contributed by atoms with E-state index in [0.717, 1.165) is 44.4 Å². The number of carbonyl (C=O) groups is 1. The summed E-state index contributed by atoms with van der Waals surface area (Å²) in [7, 11) is 1.51. The number of nitrogens with one attached hydrogen (secondary N) is 1. The molecule has 1 aromatic carbocycles. The molecule has 0 unspecified atom stereocenters. The maximum absolute atomic E-state index is 13.5. The molecule has 2 aromatic rings. The van der Waals surface area contributed by atoms with Gasteiger partial charge in [-0.05, 0) is 31.0 Å². The Bertz CT molecular complexity index is 850. The predicted molar refractivity (Wildman–Crippen MR) is 95.7 cm³/mol. The Balaban J connectivity index is 1.89. The van der Waals surface area contributed by atoms with Crippen LogP contribution in [0.25, 0.3) is 0 Å². The molecule has 1 aliphatic rings. The predicted octanol–water partition coefficient (Wildman–Crippen LogP) is 4.78. The van der Waals surface area contributed by atoms with Crippen molar-refractivity contribution in [2.75, 3.05) is 12.4 Å². The number of carbonyl (C=O) groups excluding carboxylic acids is 1. The summed E-state index contributed by atoms with van der Waals surface area (Å²) in [5.74, 6) is -1.67. The first kappa shape index (κ1) is 20.0. The number of anilines is 2. The smallest absolute Gasteiger partial charge is 0.339 e. The van der Waals surface area contributed by atoms with Gasteiger partial charge in [-0.1, -0.05) is 25.3 Å². The van der Waals surface area contributed by atoms with Crippen LogP contribution in [0.15, 0.2) is 30.5 Å². The van der Waals surface area contributed by atoms with Crippen LogP contribution in [0.2, 0.25) is 0 Å². The monoisotopic (exact) mass is 396 g/mol. The number of benzene rings is 1. The number of nitrogens with zero attached hydrogens (tertiary/aromatic N) is 3.